The number of benzene rings is 2. The zero-order valence-corrected chi connectivity index (χ0v) is 15.5. The standard InChI is InChI=1S/C21H24F2N2O3/c22-21(23)28-19-8-6-17(7-9-19)24-20(26)14-25-12-10-18(11-13-25)27-15-16-4-2-1-3-5-16/h1-9,18,21H,10-15H2,(H,24,26). The molecule has 3 rings (SSSR count). The lowest BCUT2D eigenvalue weighted by Gasteiger charge is -2.31. The van der Waals surface area contributed by atoms with Crippen molar-refractivity contribution >= 4 is 11.6 Å². The molecule has 0 unspecified atom stereocenters. The molecule has 0 aromatic heterocycles. The number of nitrogens with zero attached hydrogens (tertiary/aromatic N) is 1. The van der Waals surface area contributed by atoms with Gasteiger partial charge in [-0.25, -0.2) is 0 Å². The molecule has 1 heterocycles. The first-order chi connectivity index (χ1) is 13.6. The second-order valence-corrected chi connectivity index (χ2v) is 6.72. The highest BCUT2D eigenvalue weighted by molar-refractivity contribution is 5.92. The molecule has 0 bridgehead atoms. The van der Waals surface area contributed by atoms with Gasteiger partial charge in [-0.3, -0.25) is 9.69 Å². The Labute approximate surface area is 163 Å². The van der Waals surface area contributed by atoms with Crippen LogP contribution in [0, 0.1) is 0 Å². The second-order valence-electron chi connectivity index (χ2n) is 6.72. The normalized spacial score (nSPS) is 15.5. The minimum absolute atomic E-state index is 0.0607. The first kappa shape index (κ1) is 20.2. The Morgan fingerprint density at radius 3 is 2.39 bits per heavy atom. The summed E-state index contributed by atoms with van der Waals surface area (Å²) in [6, 6.07) is 16.0. The van der Waals surface area contributed by atoms with Gasteiger partial charge >= 0.3 is 6.61 Å². The number of carbonyl (C=O) groups is 1. The van der Waals surface area contributed by atoms with Crippen molar-refractivity contribution in [3.8, 4) is 5.75 Å². The quantitative estimate of drug-likeness (QED) is 0.743. The van der Waals surface area contributed by atoms with Crippen LogP contribution in [0.5, 0.6) is 5.75 Å². The van der Waals surface area contributed by atoms with Gasteiger partial charge in [-0.15, -0.1) is 0 Å². The van der Waals surface area contributed by atoms with Crippen LogP contribution >= 0.6 is 0 Å². The topological polar surface area (TPSA) is 50.8 Å². The monoisotopic (exact) mass is 390 g/mol. The van der Waals surface area contributed by atoms with E-state index in [-0.39, 0.29) is 17.8 Å². The Kier molecular flexibility index (Phi) is 7.33. The summed E-state index contributed by atoms with van der Waals surface area (Å²) >= 11 is 0. The summed E-state index contributed by atoms with van der Waals surface area (Å²) in [5.41, 5.74) is 1.71. The van der Waals surface area contributed by atoms with Gasteiger partial charge in [-0.1, -0.05) is 30.3 Å². The maximum absolute atomic E-state index is 12.2. The van der Waals surface area contributed by atoms with Crippen LogP contribution in [0.4, 0.5) is 14.5 Å². The molecule has 1 fully saturated rings. The van der Waals surface area contributed by atoms with Crippen LogP contribution in [-0.4, -0.2) is 43.2 Å². The van der Waals surface area contributed by atoms with E-state index in [4.69, 9.17) is 4.74 Å². The molecular formula is C21H24F2N2O3. The molecule has 150 valence electrons. The van der Waals surface area contributed by atoms with Crippen molar-refractivity contribution in [3.63, 3.8) is 0 Å². The zero-order valence-electron chi connectivity index (χ0n) is 15.5. The Balaban J connectivity index is 1.36. The molecule has 0 radical (unpaired) electrons. The number of nitrogens with one attached hydrogen (secondary N) is 1. The smallest absolute Gasteiger partial charge is 0.387 e. The summed E-state index contributed by atoms with van der Waals surface area (Å²) in [5, 5.41) is 2.77. The average Bonchev–Trinajstić information content (AvgIpc) is 2.69. The number of rotatable bonds is 8. The number of halogens is 2. The van der Waals surface area contributed by atoms with E-state index in [1.54, 1.807) is 12.1 Å². The number of anilines is 1. The van der Waals surface area contributed by atoms with E-state index in [0.29, 0.717) is 18.8 Å². The molecule has 1 aliphatic heterocycles. The third-order valence-electron chi connectivity index (χ3n) is 4.59. The lowest BCUT2D eigenvalue weighted by Crippen LogP contribution is -2.41. The van der Waals surface area contributed by atoms with Crippen LogP contribution in [0.25, 0.3) is 0 Å². The van der Waals surface area contributed by atoms with Crippen molar-refractivity contribution in [3.05, 3.63) is 60.2 Å². The number of carbonyl (C=O) groups excluding carboxylic acids is 1. The molecule has 0 aliphatic carbocycles. The van der Waals surface area contributed by atoms with Gasteiger partial charge in [-0.2, -0.15) is 8.78 Å². The molecule has 1 amide bonds. The molecule has 5 nitrogen and oxygen atoms in total. The molecule has 1 N–H and O–H groups in total. The number of hydrogen-bond acceptors (Lipinski definition) is 4. The molecule has 0 spiro atoms. The van der Waals surface area contributed by atoms with Gasteiger partial charge in [0.05, 0.1) is 19.3 Å². The molecule has 2 aromatic rings. The maximum Gasteiger partial charge on any atom is 0.387 e. The second kappa shape index (κ2) is 10.1. The van der Waals surface area contributed by atoms with E-state index < -0.39 is 6.61 Å². The Morgan fingerprint density at radius 1 is 1.07 bits per heavy atom. The van der Waals surface area contributed by atoms with Gasteiger partial charge in [-0.05, 0) is 42.7 Å². The van der Waals surface area contributed by atoms with Crippen molar-refractivity contribution in [1.82, 2.24) is 4.90 Å². The molecule has 1 aliphatic rings. The van der Waals surface area contributed by atoms with Crippen molar-refractivity contribution < 1.29 is 23.0 Å². The highest BCUT2D eigenvalue weighted by Gasteiger charge is 2.21. The Morgan fingerprint density at radius 2 is 1.75 bits per heavy atom. The molecule has 28 heavy (non-hydrogen) atoms. The minimum atomic E-state index is -2.86. The third-order valence-corrected chi connectivity index (χ3v) is 4.59. The van der Waals surface area contributed by atoms with Gasteiger partial charge < -0.3 is 14.8 Å². The number of hydrogen-bond donors (Lipinski definition) is 1. The fourth-order valence-electron chi connectivity index (χ4n) is 3.15. The van der Waals surface area contributed by atoms with E-state index in [1.165, 1.54) is 12.1 Å². The summed E-state index contributed by atoms with van der Waals surface area (Å²) in [4.78, 5) is 14.3. The molecule has 7 heteroatoms. The SMILES string of the molecule is O=C(CN1CCC(OCc2ccccc2)CC1)Nc1ccc(OC(F)F)cc1. The van der Waals surface area contributed by atoms with Gasteiger partial charge in [0.25, 0.3) is 0 Å². The third kappa shape index (κ3) is 6.58. The number of ether oxygens (including phenoxy) is 2. The Bertz CT molecular complexity index is 733. The van der Waals surface area contributed by atoms with Gasteiger partial charge in [0.15, 0.2) is 0 Å². The molecular weight excluding hydrogens is 366 g/mol. The number of alkyl halides is 2. The fraction of sp³-hybridized carbons (Fsp3) is 0.381. The van der Waals surface area contributed by atoms with Crippen LogP contribution in [-0.2, 0) is 16.1 Å². The first-order valence-corrected chi connectivity index (χ1v) is 9.31. The molecule has 1 saturated heterocycles. The summed E-state index contributed by atoms with van der Waals surface area (Å²) < 4.78 is 34.5. The lowest BCUT2D eigenvalue weighted by atomic mass is 10.1. The summed E-state index contributed by atoms with van der Waals surface area (Å²) in [7, 11) is 0. The van der Waals surface area contributed by atoms with Crippen molar-refractivity contribution in [2.45, 2.75) is 32.2 Å². The summed E-state index contributed by atoms with van der Waals surface area (Å²) in [6.45, 7) is -0.361. The van der Waals surface area contributed by atoms with Crippen LogP contribution in [0.3, 0.4) is 0 Å². The van der Waals surface area contributed by atoms with E-state index in [1.807, 2.05) is 30.3 Å². The predicted octanol–water partition coefficient (Wildman–Crippen LogP) is 3.91. The number of likely N-dealkylation sites (tertiary alicyclic amines) is 1. The summed E-state index contributed by atoms with van der Waals surface area (Å²) in [6.07, 6.45) is 1.99. The van der Waals surface area contributed by atoms with Crippen LogP contribution in [0.2, 0.25) is 0 Å². The zero-order chi connectivity index (χ0) is 19.8. The largest absolute Gasteiger partial charge is 0.435 e. The highest BCUT2D eigenvalue weighted by atomic mass is 19.3. The van der Waals surface area contributed by atoms with Gasteiger partial charge in [0.1, 0.15) is 5.75 Å². The average molecular weight is 390 g/mol. The first-order valence-electron chi connectivity index (χ1n) is 9.31. The van der Waals surface area contributed by atoms with Crippen LogP contribution in [0.1, 0.15) is 18.4 Å². The predicted molar refractivity (Wildman–Crippen MR) is 102 cm³/mol. The van der Waals surface area contributed by atoms with Crippen LogP contribution < -0.4 is 10.1 Å². The molecule has 0 atom stereocenters. The van der Waals surface area contributed by atoms with E-state index in [0.717, 1.165) is 31.5 Å². The maximum atomic E-state index is 12.2. The number of piperidine rings is 1. The van der Waals surface area contributed by atoms with Crippen molar-refractivity contribution in [2.24, 2.45) is 0 Å². The van der Waals surface area contributed by atoms with Crippen LogP contribution in [0.15, 0.2) is 54.6 Å². The van der Waals surface area contributed by atoms with E-state index >= 15 is 0 Å². The van der Waals surface area contributed by atoms with Gasteiger partial charge in [0, 0.05) is 18.8 Å². The van der Waals surface area contributed by atoms with E-state index in [2.05, 4.69) is 15.0 Å². The van der Waals surface area contributed by atoms with Gasteiger partial charge in [0.2, 0.25) is 5.91 Å². The molecule has 0 saturated carbocycles. The number of amides is 1. The lowest BCUT2D eigenvalue weighted by molar-refractivity contribution is -0.118. The minimum Gasteiger partial charge on any atom is -0.435 e. The van der Waals surface area contributed by atoms with Crippen molar-refractivity contribution in [2.75, 3.05) is 25.0 Å². The van der Waals surface area contributed by atoms with E-state index in [9.17, 15) is 13.6 Å². The Hall–Kier alpha value is -2.51. The summed E-state index contributed by atoms with van der Waals surface area (Å²) in [5.74, 6) is -0.0724. The van der Waals surface area contributed by atoms with Crippen molar-refractivity contribution in [1.29, 1.82) is 0 Å². The molecule has 2 aromatic carbocycles. The highest BCUT2D eigenvalue weighted by Crippen LogP contribution is 2.18. The fourth-order valence-corrected chi connectivity index (χ4v) is 3.15.